The molecule has 0 N–H and O–H groups in total. The van der Waals surface area contributed by atoms with Crippen LogP contribution >= 0.6 is 0 Å². The van der Waals surface area contributed by atoms with Gasteiger partial charge in [-0.15, -0.1) is 11.1 Å². The molecule has 0 saturated carbocycles. The Morgan fingerprint density at radius 2 is 2.05 bits per heavy atom. The summed E-state index contributed by atoms with van der Waals surface area (Å²) in [7, 11) is 3.71. The van der Waals surface area contributed by atoms with Crippen LogP contribution in [0.1, 0.15) is 6.92 Å². The van der Waals surface area contributed by atoms with E-state index in [1.807, 2.05) is 42.9 Å². The molecule has 1 aromatic carbocycles. The number of aryl methyl sites for hydroxylation is 2. The van der Waals surface area contributed by atoms with Crippen molar-refractivity contribution in [3.63, 3.8) is 0 Å². The van der Waals surface area contributed by atoms with Gasteiger partial charge in [0.15, 0.2) is 6.33 Å². The number of benzene rings is 1. The van der Waals surface area contributed by atoms with Gasteiger partial charge in [0.05, 0.1) is 20.6 Å². The molecule has 1 heterocycles. The Labute approximate surface area is 124 Å². The molecule has 6 nitrogen and oxygen atoms in total. The van der Waals surface area contributed by atoms with E-state index in [9.17, 15) is 0 Å². The maximum Gasteiger partial charge on any atom is 0.441 e. The maximum absolute atomic E-state index is 5.37. The molecule has 1 aromatic heterocycles. The molecule has 2 rings (SSSR count). The Hall–Kier alpha value is -2.68. The smallest absolute Gasteiger partial charge is 0.361 e. The van der Waals surface area contributed by atoms with E-state index in [2.05, 4.69) is 33.1 Å². The first-order valence-corrected chi connectivity index (χ1v) is 6.73. The van der Waals surface area contributed by atoms with Crippen molar-refractivity contribution in [2.45, 2.75) is 6.92 Å². The molecule has 108 valence electrons. The fourth-order valence-corrected chi connectivity index (χ4v) is 1.95. The minimum atomic E-state index is 0.599. The number of azo groups is 1. The fourth-order valence-electron chi connectivity index (χ4n) is 1.95. The standard InChI is InChI=1S/C15H19N6/c1-5-11-21(6-2)14-9-7-13(8-10-14)17-18-15-19(3)12-16-20(15)4/h1,7-10,12H,6,11H2,2-4H3/q+1. The monoisotopic (exact) mass is 283 g/mol. The van der Waals surface area contributed by atoms with Crippen molar-refractivity contribution >= 4 is 17.3 Å². The Morgan fingerprint density at radius 1 is 1.33 bits per heavy atom. The third-order valence-corrected chi connectivity index (χ3v) is 3.14. The van der Waals surface area contributed by atoms with Gasteiger partial charge in [0.1, 0.15) is 5.69 Å². The van der Waals surface area contributed by atoms with Gasteiger partial charge >= 0.3 is 5.95 Å². The quantitative estimate of drug-likeness (QED) is 0.479. The van der Waals surface area contributed by atoms with Crippen LogP contribution in [0.2, 0.25) is 0 Å². The van der Waals surface area contributed by atoms with Crippen LogP contribution in [0.5, 0.6) is 0 Å². The zero-order valence-electron chi connectivity index (χ0n) is 12.6. The molecule has 0 bridgehead atoms. The van der Waals surface area contributed by atoms with E-state index in [1.54, 1.807) is 11.0 Å². The summed E-state index contributed by atoms with van der Waals surface area (Å²) in [6.07, 6.45) is 7.06. The van der Waals surface area contributed by atoms with Gasteiger partial charge < -0.3 is 4.90 Å². The summed E-state index contributed by atoms with van der Waals surface area (Å²) in [6.45, 7) is 3.55. The summed E-state index contributed by atoms with van der Waals surface area (Å²) in [5.41, 5.74) is 1.87. The second-order valence-electron chi connectivity index (χ2n) is 4.60. The summed E-state index contributed by atoms with van der Waals surface area (Å²) >= 11 is 0. The Bertz CT molecular complexity index is 643. The SMILES string of the molecule is C#CCN(CC)c1ccc(/N=N/c2n(C)cn[n+]2C)cc1. The first-order chi connectivity index (χ1) is 10.2. The lowest BCUT2D eigenvalue weighted by Crippen LogP contribution is -2.29. The van der Waals surface area contributed by atoms with Gasteiger partial charge in [0.2, 0.25) is 0 Å². The molecule has 0 amide bonds. The Morgan fingerprint density at radius 3 is 2.57 bits per heavy atom. The zero-order valence-corrected chi connectivity index (χ0v) is 12.6. The second kappa shape index (κ2) is 6.66. The van der Waals surface area contributed by atoms with Gasteiger partial charge in [0, 0.05) is 17.3 Å². The second-order valence-corrected chi connectivity index (χ2v) is 4.60. The Balaban J connectivity index is 2.15. The van der Waals surface area contributed by atoms with E-state index in [0.717, 1.165) is 17.9 Å². The minimum Gasteiger partial charge on any atom is -0.361 e. The van der Waals surface area contributed by atoms with E-state index in [-0.39, 0.29) is 0 Å². The molecule has 0 aliphatic heterocycles. The largest absolute Gasteiger partial charge is 0.441 e. The average molecular weight is 283 g/mol. The van der Waals surface area contributed by atoms with Crippen LogP contribution in [0.3, 0.4) is 0 Å². The number of anilines is 1. The number of hydrogen-bond donors (Lipinski definition) is 0. The number of aromatic nitrogens is 3. The lowest BCUT2D eigenvalue weighted by atomic mass is 10.2. The summed E-state index contributed by atoms with van der Waals surface area (Å²) < 4.78 is 3.48. The van der Waals surface area contributed by atoms with Crippen LogP contribution in [0, 0.1) is 12.3 Å². The lowest BCUT2D eigenvalue weighted by molar-refractivity contribution is -0.716. The van der Waals surface area contributed by atoms with Crippen molar-refractivity contribution < 1.29 is 4.68 Å². The van der Waals surface area contributed by atoms with Crippen molar-refractivity contribution in [1.29, 1.82) is 0 Å². The summed E-state index contributed by atoms with van der Waals surface area (Å²) in [5, 5.41) is 12.5. The fraction of sp³-hybridized carbons (Fsp3) is 0.333. The molecule has 0 saturated heterocycles. The average Bonchev–Trinajstić information content (AvgIpc) is 2.82. The van der Waals surface area contributed by atoms with Gasteiger partial charge in [-0.25, -0.2) is 4.57 Å². The highest BCUT2D eigenvalue weighted by atomic mass is 15.4. The normalized spacial score (nSPS) is 10.8. The van der Waals surface area contributed by atoms with E-state index in [1.165, 1.54) is 0 Å². The molecule has 0 fully saturated rings. The molecule has 0 radical (unpaired) electrons. The number of terminal acetylenes is 1. The third-order valence-electron chi connectivity index (χ3n) is 3.14. The van der Waals surface area contributed by atoms with Crippen LogP contribution < -0.4 is 9.58 Å². The summed E-state index contributed by atoms with van der Waals surface area (Å²) in [4.78, 5) is 2.11. The van der Waals surface area contributed by atoms with E-state index >= 15 is 0 Å². The molecule has 0 unspecified atom stereocenters. The first-order valence-electron chi connectivity index (χ1n) is 6.73. The highest BCUT2D eigenvalue weighted by Gasteiger charge is 2.12. The number of rotatable bonds is 5. The molecule has 6 heteroatoms. The molecule has 0 aliphatic rings. The third kappa shape index (κ3) is 3.45. The van der Waals surface area contributed by atoms with E-state index in [0.29, 0.717) is 12.5 Å². The van der Waals surface area contributed by atoms with Crippen LogP contribution in [-0.4, -0.2) is 22.8 Å². The minimum absolute atomic E-state index is 0.599. The highest BCUT2D eigenvalue weighted by molar-refractivity contribution is 5.53. The van der Waals surface area contributed by atoms with Gasteiger partial charge in [-0.2, -0.15) is 0 Å². The maximum atomic E-state index is 5.37. The topological polar surface area (TPSA) is 49.7 Å². The zero-order chi connectivity index (χ0) is 15.2. The van der Waals surface area contributed by atoms with E-state index < -0.39 is 0 Å². The Kier molecular flexibility index (Phi) is 4.67. The van der Waals surface area contributed by atoms with Crippen LogP contribution in [0.25, 0.3) is 0 Å². The van der Waals surface area contributed by atoms with Crippen molar-refractivity contribution in [3.05, 3.63) is 30.6 Å². The molecular formula is C15H19N6+. The molecule has 0 spiro atoms. The lowest BCUT2D eigenvalue weighted by Gasteiger charge is -2.19. The van der Waals surface area contributed by atoms with Gasteiger partial charge in [-0.05, 0) is 31.2 Å². The predicted octanol–water partition coefficient (Wildman–Crippen LogP) is 2.12. The number of hydrogen-bond acceptors (Lipinski definition) is 4. The highest BCUT2D eigenvalue weighted by Crippen LogP contribution is 2.20. The molecule has 2 aromatic rings. The molecule has 21 heavy (non-hydrogen) atoms. The predicted molar refractivity (Wildman–Crippen MR) is 81.7 cm³/mol. The van der Waals surface area contributed by atoms with Crippen molar-refractivity contribution in [1.82, 2.24) is 9.67 Å². The molecular weight excluding hydrogens is 264 g/mol. The summed E-state index contributed by atoms with van der Waals surface area (Å²) in [6, 6.07) is 7.85. The van der Waals surface area contributed by atoms with Crippen molar-refractivity contribution in [2.24, 2.45) is 24.3 Å². The number of nitrogens with zero attached hydrogens (tertiary/aromatic N) is 6. The molecule has 0 aliphatic carbocycles. The van der Waals surface area contributed by atoms with Gasteiger partial charge in [-0.3, -0.25) is 0 Å². The van der Waals surface area contributed by atoms with Gasteiger partial charge in [0.25, 0.3) is 0 Å². The van der Waals surface area contributed by atoms with Crippen molar-refractivity contribution in [3.8, 4) is 12.3 Å². The first kappa shape index (κ1) is 14.7. The molecule has 0 atom stereocenters. The van der Waals surface area contributed by atoms with Crippen molar-refractivity contribution in [2.75, 3.05) is 18.0 Å². The van der Waals surface area contributed by atoms with E-state index in [4.69, 9.17) is 6.42 Å². The van der Waals surface area contributed by atoms with Crippen LogP contribution in [0.4, 0.5) is 17.3 Å². The summed E-state index contributed by atoms with van der Waals surface area (Å²) in [5.74, 6) is 3.34. The van der Waals surface area contributed by atoms with Crippen LogP contribution in [-0.2, 0) is 14.1 Å². The van der Waals surface area contributed by atoms with Crippen LogP contribution in [0.15, 0.2) is 40.8 Å². The van der Waals surface area contributed by atoms with Gasteiger partial charge in [-0.1, -0.05) is 16.1 Å².